The van der Waals surface area contributed by atoms with Gasteiger partial charge in [-0.2, -0.15) is 0 Å². The highest BCUT2D eigenvalue weighted by Crippen LogP contribution is 2.35. The summed E-state index contributed by atoms with van der Waals surface area (Å²) in [6, 6.07) is 28.3. The fraction of sp³-hybridized carbons (Fsp3) is 0.100. The molecule has 3 N–H and O–H groups in total. The Morgan fingerprint density at radius 3 is 2.13 bits per heavy atom. The van der Waals surface area contributed by atoms with E-state index in [1.807, 2.05) is 97.9 Å². The van der Waals surface area contributed by atoms with Gasteiger partial charge in [-0.25, -0.2) is 14.8 Å². The van der Waals surface area contributed by atoms with Crippen molar-refractivity contribution < 1.29 is 14.3 Å². The number of aromatic nitrogens is 2. The van der Waals surface area contributed by atoms with Gasteiger partial charge in [0.1, 0.15) is 18.8 Å². The van der Waals surface area contributed by atoms with Crippen LogP contribution in [0.15, 0.2) is 97.3 Å². The largest absolute Gasteiger partial charge is 0.493 e. The highest BCUT2D eigenvalue weighted by molar-refractivity contribution is 6.00. The molecular weight excluding hydrogens is 478 g/mol. The molecule has 38 heavy (non-hydrogen) atoms. The number of urea groups is 1. The molecule has 5 rings (SSSR count). The predicted molar refractivity (Wildman–Crippen MR) is 150 cm³/mol. The molecule has 0 aliphatic carbocycles. The van der Waals surface area contributed by atoms with Crippen molar-refractivity contribution in [3.63, 3.8) is 0 Å². The number of aryl methyl sites for hydroxylation is 1. The Morgan fingerprint density at radius 2 is 1.45 bits per heavy atom. The first-order valence-electron chi connectivity index (χ1n) is 12.1. The molecule has 5 aromatic rings. The number of ether oxygens (including phenoxy) is 2. The van der Waals surface area contributed by atoms with Gasteiger partial charge in [0.25, 0.3) is 0 Å². The van der Waals surface area contributed by atoms with Crippen LogP contribution in [0, 0.1) is 6.92 Å². The highest BCUT2D eigenvalue weighted by atomic mass is 16.5. The summed E-state index contributed by atoms with van der Waals surface area (Å²) in [6.07, 6.45) is 1.50. The van der Waals surface area contributed by atoms with Gasteiger partial charge in [-0.05, 0) is 55.0 Å². The zero-order valence-electron chi connectivity index (χ0n) is 21.1. The lowest BCUT2D eigenvalue weighted by Gasteiger charge is -2.14. The number of rotatable bonds is 8. The van der Waals surface area contributed by atoms with Gasteiger partial charge < -0.3 is 25.4 Å². The van der Waals surface area contributed by atoms with E-state index < -0.39 is 0 Å². The number of anilines is 4. The minimum absolute atomic E-state index is 0.311. The minimum atomic E-state index is -0.311. The summed E-state index contributed by atoms with van der Waals surface area (Å²) in [5.41, 5.74) is 5.10. The van der Waals surface area contributed by atoms with Crippen molar-refractivity contribution in [3.05, 3.63) is 108 Å². The SMILES string of the molecule is COc1cc2c(Nc3ccc(NC(=O)Nc4ccc(C)cc4)cc3)ncnc2cc1OCc1ccccc1. The zero-order valence-corrected chi connectivity index (χ0v) is 21.1. The average Bonchev–Trinajstić information content (AvgIpc) is 2.94. The number of nitrogens with one attached hydrogen (secondary N) is 3. The van der Waals surface area contributed by atoms with E-state index in [2.05, 4.69) is 25.9 Å². The molecule has 2 amide bonds. The van der Waals surface area contributed by atoms with Gasteiger partial charge in [-0.1, -0.05) is 48.0 Å². The van der Waals surface area contributed by atoms with Crippen LogP contribution in [-0.4, -0.2) is 23.1 Å². The summed E-state index contributed by atoms with van der Waals surface area (Å²) in [6.45, 7) is 2.42. The highest BCUT2D eigenvalue weighted by Gasteiger charge is 2.12. The summed E-state index contributed by atoms with van der Waals surface area (Å²) in [5.74, 6) is 1.82. The van der Waals surface area contributed by atoms with Crippen LogP contribution in [0.4, 0.5) is 27.7 Å². The number of hydrogen-bond donors (Lipinski definition) is 3. The fourth-order valence-electron chi connectivity index (χ4n) is 3.88. The average molecular weight is 506 g/mol. The summed E-state index contributed by atoms with van der Waals surface area (Å²) in [5, 5.41) is 9.77. The summed E-state index contributed by atoms with van der Waals surface area (Å²) >= 11 is 0. The van der Waals surface area contributed by atoms with Crippen LogP contribution in [0.2, 0.25) is 0 Å². The second-order valence-electron chi connectivity index (χ2n) is 8.66. The molecule has 190 valence electrons. The van der Waals surface area contributed by atoms with Gasteiger partial charge in [0.2, 0.25) is 0 Å². The predicted octanol–water partition coefficient (Wildman–Crippen LogP) is 6.91. The molecule has 0 saturated carbocycles. The van der Waals surface area contributed by atoms with Crippen molar-refractivity contribution in [2.45, 2.75) is 13.5 Å². The van der Waals surface area contributed by atoms with Crippen LogP contribution in [-0.2, 0) is 6.61 Å². The van der Waals surface area contributed by atoms with E-state index in [1.165, 1.54) is 6.33 Å². The minimum Gasteiger partial charge on any atom is -0.493 e. The second kappa shape index (κ2) is 11.3. The molecule has 8 heteroatoms. The molecule has 0 radical (unpaired) electrons. The van der Waals surface area contributed by atoms with Crippen LogP contribution in [0.1, 0.15) is 11.1 Å². The number of nitrogens with zero attached hydrogens (tertiary/aromatic N) is 2. The second-order valence-corrected chi connectivity index (χ2v) is 8.66. The van der Waals surface area contributed by atoms with Crippen molar-refractivity contribution in [1.29, 1.82) is 0 Å². The number of carbonyl (C=O) groups is 1. The molecule has 0 spiro atoms. The number of methoxy groups -OCH3 is 1. The first kappa shape index (κ1) is 24.6. The summed E-state index contributed by atoms with van der Waals surface area (Å²) in [4.78, 5) is 21.2. The Labute approximate surface area is 220 Å². The van der Waals surface area contributed by atoms with Crippen LogP contribution in [0.5, 0.6) is 11.5 Å². The van der Waals surface area contributed by atoms with Gasteiger partial charge >= 0.3 is 6.03 Å². The topological polar surface area (TPSA) is 97.4 Å². The lowest BCUT2D eigenvalue weighted by Crippen LogP contribution is -2.19. The number of fused-ring (bicyclic) bond motifs is 1. The van der Waals surface area contributed by atoms with E-state index in [4.69, 9.17) is 9.47 Å². The Balaban J connectivity index is 1.28. The van der Waals surface area contributed by atoms with Crippen molar-refractivity contribution in [2.75, 3.05) is 23.1 Å². The van der Waals surface area contributed by atoms with Gasteiger partial charge in [0.15, 0.2) is 11.5 Å². The molecule has 1 aromatic heterocycles. The molecule has 4 aromatic carbocycles. The number of amides is 2. The van der Waals surface area contributed by atoms with E-state index in [-0.39, 0.29) is 6.03 Å². The third-order valence-electron chi connectivity index (χ3n) is 5.87. The van der Waals surface area contributed by atoms with E-state index in [0.29, 0.717) is 29.6 Å². The van der Waals surface area contributed by atoms with Crippen molar-refractivity contribution in [2.24, 2.45) is 0 Å². The first-order chi connectivity index (χ1) is 18.6. The summed E-state index contributed by atoms with van der Waals surface area (Å²) < 4.78 is 11.6. The van der Waals surface area contributed by atoms with E-state index >= 15 is 0 Å². The molecule has 8 nitrogen and oxygen atoms in total. The monoisotopic (exact) mass is 505 g/mol. The Kier molecular flexibility index (Phi) is 7.31. The summed E-state index contributed by atoms with van der Waals surface area (Å²) in [7, 11) is 1.61. The third kappa shape index (κ3) is 5.99. The lowest BCUT2D eigenvalue weighted by atomic mass is 10.2. The normalized spacial score (nSPS) is 10.6. The van der Waals surface area contributed by atoms with Gasteiger partial charge in [-0.15, -0.1) is 0 Å². The number of benzene rings is 4. The Hall–Kier alpha value is -5.11. The maximum atomic E-state index is 12.3. The molecule has 0 aliphatic heterocycles. The van der Waals surface area contributed by atoms with Crippen LogP contribution >= 0.6 is 0 Å². The van der Waals surface area contributed by atoms with Gasteiger partial charge in [0.05, 0.1) is 12.6 Å². The Bertz CT molecular complexity index is 1540. The molecule has 0 atom stereocenters. The standard InChI is InChI=1S/C30H27N5O3/c1-20-8-10-23(11-9-20)34-30(36)35-24-14-12-22(13-15-24)33-29-25-16-27(37-2)28(17-26(25)31-19-32-29)38-18-21-6-4-3-5-7-21/h3-17,19H,18H2,1-2H3,(H,31,32,33)(H2,34,35,36). The molecule has 0 fully saturated rings. The number of carbonyl (C=O) groups excluding carboxylic acids is 1. The molecule has 1 heterocycles. The zero-order chi connectivity index (χ0) is 26.3. The maximum Gasteiger partial charge on any atom is 0.323 e. The molecule has 0 bridgehead atoms. The van der Waals surface area contributed by atoms with Crippen LogP contribution in [0.3, 0.4) is 0 Å². The molecular formula is C30H27N5O3. The fourth-order valence-corrected chi connectivity index (χ4v) is 3.88. The van der Waals surface area contributed by atoms with E-state index in [9.17, 15) is 4.79 Å². The number of hydrogen-bond acceptors (Lipinski definition) is 6. The van der Waals surface area contributed by atoms with Gasteiger partial charge in [-0.3, -0.25) is 0 Å². The van der Waals surface area contributed by atoms with Crippen molar-refractivity contribution >= 4 is 39.8 Å². The Morgan fingerprint density at radius 1 is 0.789 bits per heavy atom. The van der Waals surface area contributed by atoms with E-state index in [0.717, 1.165) is 33.4 Å². The molecule has 0 unspecified atom stereocenters. The van der Waals surface area contributed by atoms with E-state index in [1.54, 1.807) is 7.11 Å². The molecule has 0 saturated heterocycles. The first-order valence-corrected chi connectivity index (χ1v) is 12.1. The van der Waals surface area contributed by atoms with Crippen LogP contribution in [0.25, 0.3) is 10.9 Å². The smallest absolute Gasteiger partial charge is 0.323 e. The molecule has 0 aliphatic rings. The quantitative estimate of drug-likeness (QED) is 0.212. The van der Waals surface area contributed by atoms with Gasteiger partial charge in [0, 0.05) is 28.5 Å². The van der Waals surface area contributed by atoms with Crippen molar-refractivity contribution in [3.8, 4) is 11.5 Å². The van der Waals surface area contributed by atoms with Crippen LogP contribution < -0.4 is 25.4 Å². The third-order valence-corrected chi connectivity index (χ3v) is 5.87. The lowest BCUT2D eigenvalue weighted by molar-refractivity contribution is 0.262. The van der Waals surface area contributed by atoms with Crippen molar-refractivity contribution in [1.82, 2.24) is 9.97 Å². The maximum absolute atomic E-state index is 12.3.